The zero-order valence-electron chi connectivity index (χ0n) is 14.1. The molecule has 1 heterocycles. The number of hydrogen-bond donors (Lipinski definition) is 3. The van der Waals surface area contributed by atoms with Crippen LogP contribution in [-0.2, 0) is 13.0 Å². The Hall–Kier alpha value is -2.09. The summed E-state index contributed by atoms with van der Waals surface area (Å²) >= 11 is 0. The van der Waals surface area contributed by atoms with E-state index in [9.17, 15) is 4.39 Å². The number of nitrogens with zero attached hydrogens (tertiary/aromatic N) is 1. The van der Waals surface area contributed by atoms with E-state index < -0.39 is 0 Å². The number of aromatic amines is 1. The maximum atomic E-state index is 13.4. The smallest absolute Gasteiger partial charge is 0.191 e. The molecule has 0 radical (unpaired) electrons. The Bertz CT molecular complexity index is 830. The number of benzene rings is 2. The van der Waals surface area contributed by atoms with E-state index in [-0.39, 0.29) is 29.8 Å². The molecule has 0 bridgehead atoms. The fourth-order valence-electron chi connectivity index (χ4n) is 2.68. The third kappa shape index (κ3) is 5.19. The number of hydrogen-bond acceptors (Lipinski definition) is 1. The fraction of sp³-hybridized carbons (Fsp3) is 0.211. The topological polar surface area (TPSA) is 52.2 Å². The Kier molecular flexibility index (Phi) is 7.24. The van der Waals surface area contributed by atoms with Crippen molar-refractivity contribution in [3.05, 3.63) is 71.7 Å². The van der Waals surface area contributed by atoms with Crippen LogP contribution in [0.25, 0.3) is 10.9 Å². The third-order valence-corrected chi connectivity index (χ3v) is 3.94. The first-order valence-corrected chi connectivity index (χ1v) is 8.00. The Morgan fingerprint density at radius 3 is 2.68 bits per heavy atom. The molecule has 0 aliphatic carbocycles. The first-order valence-electron chi connectivity index (χ1n) is 8.00. The fourth-order valence-corrected chi connectivity index (χ4v) is 2.68. The molecule has 0 fully saturated rings. The molecule has 0 amide bonds. The molecule has 0 saturated heterocycles. The summed E-state index contributed by atoms with van der Waals surface area (Å²) in [7, 11) is 1.75. The molecular weight excluding hydrogens is 430 g/mol. The Morgan fingerprint density at radius 2 is 1.92 bits per heavy atom. The van der Waals surface area contributed by atoms with Crippen molar-refractivity contribution in [2.45, 2.75) is 13.0 Å². The first kappa shape index (κ1) is 19.2. The number of guanidine groups is 1. The largest absolute Gasteiger partial charge is 0.361 e. The molecule has 0 aliphatic heterocycles. The van der Waals surface area contributed by atoms with Crippen molar-refractivity contribution >= 4 is 40.8 Å². The summed E-state index contributed by atoms with van der Waals surface area (Å²) < 4.78 is 13.4. The summed E-state index contributed by atoms with van der Waals surface area (Å²) in [6.07, 6.45) is 2.72. The van der Waals surface area contributed by atoms with Crippen molar-refractivity contribution in [2.75, 3.05) is 13.6 Å². The van der Waals surface area contributed by atoms with Crippen LogP contribution in [0.1, 0.15) is 11.1 Å². The van der Waals surface area contributed by atoms with Crippen LogP contribution in [-0.4, -0.2) is 24.5 Å². The lowest BCUT2D eigenvalue weighted by Gasteiger charge is -2.11. The second-order valence-electron chi connectivity index (χ2n) is 5.59. The second-order valence-corrected chi connectivity index (χ2v) is 5.59. The predicted molar refractivity (Wildman–Crippen MR) is 112 cm³/mol. The molecule has 0 unspecified atom stereocenters. The molecule has 2 aromatic carbocycles. The van der Waals surface area contributed by atoms with E-state index in [4.69, 9.17) is 0 Å². The van der Waals surface area contributed by atoms with Crippen LogP contribution in [0.4, 0.5) is 4.39 Å². The van der Waals surface area contributed by atoms with E-state index in [0.29, 0.717) is 0 Å². The van der Waals surface area contributed by atoms with Gasteiger partial charge in [0.25, 0.3) is 0 Å². The summed E-state index contributed by atoms with van der Waals surface area (Å²) in [6.45, 7) is 1.44. The quantitative estimate of drug-likeness (QED) is 0.313. The highest BCUT2D eigenvalue weighted by Gasteiger charge is 2.05. The zero-order valence-corrected chi connectivity index (χ0v) is 16.4. The monoisotopic (exact) mass is 452 g/mol. The van der Waals surface area contributed by atoms with Crippen LogP contribution < -0.4 is 10.6 Å². The number of H-pyrrole nitrogens is 1. The van der Waals surface area contributed by atoms with Gasteiger partial charge in [0.15, 0.2) is 5.96 Å². The summed E-state index contributed by atoms with van der Waals surface area (Å²) in [6, 6.07) is 15.0. The van der Waals surface area contributed by atoms with E-state index in [1.165, 1.54) is 11.6 Å². The number of rotatable bonds is 5. The summed E-state index contributed by atoms with van der Waals surface area (Å²) in [5.74, 6) is 0.543. The molecule has 0 aliphatic rings. The van der Waals surface area contributed by atoms with Gasteiger partial charge in [-0.25, -0.2) is 4.39 Å². The van der Waals surface area contributed by atoms with Gasteiger partial charge in [0, 0.05) is 37.2 Å². The van der Waals surface area contributed by atoms with E-state index >= 15 is 0 Å². The van der Waals surface area contributed by atoms with Crippen molar-refractivity contribution in [1.82, 2.24) is 15.6 Å². The van der Waals surface area contributed by atoms with Crippen LogP contribution in [0.2, 0.25) is 0 Å². The Labute approximate surface area is 164 Å². The Balaban J connectivity index is 0.00000225. The molecule has 132 valence electrons. The number of aromatic nitrogens is 1. The minimum absolute atomic E-state index is 0. The third-order valence-electron chi connectivity index (χ3n) is 3.94. The van der Waals surface area contributed by atoms with Gasteiger partial charge in [0.05, 0.1) is 0 Å². The van der Waals surface area contributed by atoms with Gasteiger partial charge in [-0.15, -0.1) is 24.0 Å². The number of halogens is 2. The molecule has 0 saturated carbocycles. The van der Waals surface area contributed by atoms with Crippen LogP contribution in [0.5, 0.6) is 0 Å². The highest BCUT2D eigenvalue weighted by atomic mass is 127. The molecule has 0 spiro atoms. The predicted octanol–water partition coefficient (Wildman–Crippen LogP) is 3.83. The van der Waals surface area contributed by atoms with Crippen LogP contribution >= 0.6 is 24.0 Å². The van der Waals surface area contributed by atoms with Gasteiger partial charge >= 0.3 is 0 Å². The summed E-state index contributed by atoms with van der Waals surface area (Å²) in [4.78, 5) is 7.40. The molecule has 25 heavy (non-hydrogen) atoms. The molecule has 3 rings (SSSR count). The van der Waals surface area contributed by atoms with Crippen LogP contribution in [0.3, 0.4) is 0 Å². The first-order chi connectivity index (χ1) is 11.8. The lowest BCUT2D eigenvalue weighted by molar-refractivity contribution is 0.629. The van der Waals surface area contributed by atoms with Crippen molar-refractivity contribution in [2.24, 2.45) is 4.99 Å². The average molecular weight is 452 g/mol. The molecule has 3 aromatic rings. The molecule has 4 nitrogen and oxygen atoms in total. The van der Waals surface area contributed by atoms with E-state index in [2.05, 4.69) is 32.7 Å². The van der Waals surface area contributed by atoms with Gasteiger partial charge < -0.3 is 15.6 Å². The minimum atomic E-state index is -0.211. The molecule has 3 N–H and O–H groups in total. The van der Waals surface area contributed by atoms with E-state index in [0.717, 1.165) is 41.9 Å². The molecule has 1 aromatic heterocycles. The van der Waals surface area contributed by atoms with Gasteiger partial charge in [-0.05, 0) is 35.7 Å². The maximum absolute atomic E-state index is 13.4. The summed E-state index contributed by atoms with van der Waals surface area (Å²) in [5.41, 5.74) is 3.25. The summed E-state index contributed by atoms with van der Waals surface area (Å²) in [5, 5.41) is 7.51. The number of fused-ring (bicyclic) bond motifs is 1. The lowest BCUT2D eigenvalue weighted by Crippen LogP contribution is -2.37. The minimum Gasteiger partial charge on any atom is -0.361 e. The molecule has 0 atom stereocenters. The molecule has 6 heteroatoms. The normalized spacial score (nSPS) is 11.2. The van der Waals surface area contributed by atoms with Crippen molar-refractivity contribution in [1.29, 1.82) is 0 Å². The van der Waals surface area contributed by atoms with Gasteiger partial charge in [0.1, 0.15) is 5.82 Å². The highest BCUT2D eigenvalue weighted by molar-refractivity contribution is 14.0. The van der Waals surface area contributed by atoms with Crippen LogP contribution in [0, 0.1) is 5.82 Å². The van der Waals surface area contributed by atoms with Crippen molar-refractivity contribution in [3.63, 3.8) is 0 Å². The average Bonchev–Trinajstić information content (AvgIpc) is 3.01. The van der Waals surface area contributed by atoms with Gasteiger partial charge in [0.2, 0.25) is 0 Å². The maximum Gasteiger partial charge on any atom is 0.191 e. The number of nitrogens with one attached hydrogen (secondary N) is 3. The van der Waals surface area contributed by atoms with Gasteiger partial charge in [-0.3, -0.25) is 4.99 Å². The highest BCUT2D eigenvalue weighted by Crippen LogP contribution is 2.19. The van der Waals surface area contributed by atoms with E-state index in [1.54, 1.807) is 19.2 Å². The molecular formula is C19H22FIN4. The zero-order chi connectivity index (χ0) is 16.8. The van der Waals surface area contributed by atoms with Crippen LogP contribution in [0.15, 0.2) is 59.7 Å². The lowest BCUT2D eigenvalue weighted by atomic mass is 10.1. The van der Waals surface area contributed by atoms with E-state index in [1.807, 2.05) is 24.4 Å². The van der Waals surface area contributed by atoms with Gasteiger partial charge in [-0.2, -0.15) is 0 Å². The second kappa shape index (κ2) is 9.41. The standard InChI is InChI=1S/C19H21FN4.HI/c1-21-19(24-12-14-5-3-2-4-6-14)22-10-9-15-13-23-18-8-7-16(20)11-17(15)18;/h2-8,11,13,23H,9-10,12H2,1H3,(H2,21,22,24);1H. The van der Waals surface area contributed by atoms with Crippen molar-refractivity contribution in [3.8, 4) is 0 Å². The van der Waals surface area contributed by atoms with Gasteiger partial charge in [-0.1, -0.05) is 30.3 Å². The SMILES string of the molecule is CN=C(NCCc1c[nH]c2ccc(F)cc12)NCc1ccccc1.I. The number of aliphatic imine (C=N–C) groups is 1. The van der Waals surface area contributed by atoms with Crippen molar-refractivity contribution < 1.29 is 4.39 Å². The Morgan fingerprint density at radius 1 is 1.12 bits per heavy atom.